The van der Waals surface area contributed by atoms with E-state index < -0.39 is 25.3 Å². The normalized spacial score (nSPS) is 19.6. The van der Waals surface area contributed by atoms with E-state index in [9.17, 15) is 14.5 Å². The molecule has 0 amide bonds. The molecule has 0 heterocycles. The van der Waals surface area contributed by atoms with Gasteiger partial charge in [0, 0.05) is 0 Å². The molecule has 0 aliphatic heterocycles. The lowest BCUT2D eigenvalue weighted by Gasteiger charge is -2.36. The molecule has 0 spiro atoms. The van der Waals surface area contributed by atoms with E-state index >= 15 is 0 Å². The van der Waals surface area contributed by atoms with Crippen molar-refractivity contribution in [2.24, 2.45) is 5.92 Å². The van der Waals surface area contributed by atoms with Gasteiger partial charge < -0.3 is 18.9 Å². The second kappa shape index (κ2) is 9.66. The van der Waals surface area contributed by atoms with Crippen LogP contribution >= 0.6 is 7.60 Å². The maximum atomic E-state index is 13.2. The zero-order valence-corrected chi connectivity index (χ0v) is 14.7. The summed E-state index contributed by atoms with van der Waals surface area (Å²) in [6.45, 7) is 5.69. The molecule has 1 aliphatic rings. The zero-order valence-electron chi connectivity index (χ0n) is 13.8. The number of esters is 1. The summed E-state index contributed by atoms with van der Waals surface area (Å²) in [5.74, 6) is -0.810. The quantitative estimate of drug-likeness (QED) is 0.514. The maximum absolute atomic E-state index is 13.2. The van der Waals surface area contributed by atoms with Gasteiger partial charge in [-0.15, -0.1) is 0 Å². The summed E-state index contributed by atoms with van der Waals surface area (Å²) in [4.78, 5) is 12.0. The summed E-state index contributed by atoms with van der Waals surface area (Å²) in [5.41, 5.74) is -0.855. The lowest BCUT2D eigenvalue weighted by molar-refractivity contribution is -0.154. The number of aliphatic hydroxyl groups excluding tert-OH is 1. The SMILES string of the molecule is CCOC(=O)[C@H](O)[C@@H](C1CCCCC1)P(=O)(OCC)OCC. The van der Waals surface area contributed by atoms with E-state index in [1.807, 2.05) is 0 Å². The predicted molar refractivity (Wildman–Crippen MR) is 83.9 cm³/mol. The molecule has 0 aromatic rings. The molecule has 0 unspecified atom stereocenters. The van der Waals surface area contributed by atoms with Crippen LogP contribution < -0.4 is 0 Å². The van der Waals surface area contributed by atoms with Gasteiger partial charge in [-0.05, 0) is 39.5 Å². The number of ether oxygens (including phenoxy) is 1. The second-order valence-electron chi connectivity index (χ2n) is 5.46. The second-order valence-corrected chi connectivity index (χ2v) is 7.65. The Bertz CT molecular complexity index is 370. The molecule has 7 heteroatoms. The van der Waals surface area contributed by atoms with Crippen molar-refractivity contribution in [3.05, 3.63) is 0 Å². The smallest absolute Gasteiger partial charge is 0.337 e. The van der Waals surface area contributed by atoms with E-state index in [2.05, 4.69) is 0 Å². The van der Waals surface area contributed by atoms with Gasteiger partial charge in [0.15, 0.2) is 6.10 Å². The summed E-state index contributed by atoms with van der Waals surface area (Å²) < 4.78 is 28.9. The molecule has 2 atom stereocenters. The minimum Gasteiger partial charge on any atom is -0.464 e. The Kier molecular flexibility index (Phi) is 8.62. The molecular formula is C15H29O6P. The molecule has 0 aromatic heterocycles. The monoisotopic (exact) mass is 336 g/mol. The van der Waals surface area contributed by atoms with Crippen LogP contribution in [0.25, 0.3) is 0 Å². The van der Waals surface area contributed by atoms with Gasteiger partial charge in [0.2, 0.25) is 0 Å². The summed E-state index contributed by atoms with van der Waals surface area (Å²) >= 11 is 0. The Morgan fingerprint density at radius 1 is 1.09 bits per heavy atom. The molecule has 1 N–H and O–H groups in total. The molecular weight excluding hydrogens is 307 g/mol. The number of aliphatic hydroxyl groups is 1. The summed E-state index contributed by atoms with van der Waals surface area (Å²) in [6.07, 6.45) is 3.25. The fraction of sp³-hybridized carbons (Fsp3) is 0.933. The molecule has 130 valence electrons. The largest absolute Gasteiger partial charge is 0.464 e. The topological polar surface area (TPSA) is 82.1 Å². The van der Waals surface area contributed by atoms with Crippen LogP contribution in [0.2, 0.25) is 0 Å². The van der Waals surface area contributed by atoms with Crippen LogP contribution in [0.4, 0.5) is 0 Å². The minimum atomic E-state index is -3.58. The first-order valence-corrected chi connectivity index (χ1v) is 9.84. The van der Waals surface area contributed by atoms with E-state index in [-0.39, 0.29) is 25.7 Å². The molecule has 1 rings (SSSR count). The van der Waals surface area contributed by atoms with E-state index in [1.165, 1.54) is 0 Å². The van der Waals surface area contributed by atoms with Crippen molar-refractivity contribution < 1.29 is 28.3 Å². The van der Waals surface area contributed by atoms with Gasteiger partial charge in [-0.2, -0.15) is 0 Å². The van der Waals surface area contributed by atoms with E-state index in [1.54, 1.807) is 20.8 Å². The highest BCUT2D eigenvalue weighted by molar-refractivity contribution is 7.54. The Hall–Kier alpha value is -0.420. The van der Waals surface area contributed by atoms with Crippen LogP contribution in [0.3, 0.4) is 0 Å². The average molecular weight is 336 g/mol. The van der Waals surface area contributed by atoms with Crippen LogP contribution in [-0.4, -0.2) is 42.7 Å². The van der Waals surface area contributed by atoms with Gasteiger partial charge in [-0.1, -0.05) is 19.3 Å². The van der Waals surface area contributed by atoms with Crippen LogP contribution in [-0.2, 0) is 23.1 Å². The van der Waals surface area contributed by atoms with Crippen LogP contribution in [0.5, 0.6) is 0 Å². The van der Waals surface area contributed by atoms with Crippen molar-refractivity contribution in [3.63, 3.8) is 0 Å². The standard InChI is InChI=1S/C15H29O6P/c1-4-19-15(17)13(16)14(12-10-8-7-9-11-12)22(18,20-5-2)21-6-3/h12-14,16H,4-11H2,1-3H3/t13-,14-/m1/s1. The third-order valence-electron chi connectivity index (χ3n) is 3.97. The molecule has 6 nitrogen and oxygen atoms in total. The molecule has 0 bridgehead atoms. The fourth-order valence-electron chi connectivity index (χ4n) is 3.10. The Balaban J connectivity index is 3.06. The minimum absolute atomic E-state index is 0.0583. The van der Waals surface area contributed by atoms with Crippen molar-refractivity contribution in [1.82, 2.24) is 0 Å². The predicted octanol–water partition coefficient (Wildman–Crippen LogP) is 3.13. The van der Waals surface area contributed by atoms with E-state index in [4.69, 9.17) is 13.8 Å². The lowest BCUT2D eigenvalue weighted by atomic mass is 9.85. The van der Waals surface area contributed by atoms with E-state index in [0.29, 0.717) is 0 Å². The lowest BCUT2D eigenvalue weighted by Crippen LogP contribution is -2.42. The molecule has 22 heavy (non-hydrogen) atoms. The van der Waals surface area contributed by atoms with Crippen molar-refractivity contribution in [2.45, 2.75) is 64.6 Å². The van der Waals surface area contributed by atoms with Gasteiger partial charge in [0.05, 0.1) is 19.8 Å². The number of carbonyl (C=O) groups is 1. The van der Waals surface area contributed by atoms with Gasteiger partial charge in [-0.3, -0.25) is 4.57 Å². The third kappa shape index (κ3) is 5.05. The van der Waals surface area contributed by atoms with Gasteiger partial charge in [0.25, 0.3) is 0 Å². The van der Waals surface area contributed by atoms with Gasteiger partial charge in [0.1, 0.15) is 5.66 Å². The van der Waals surface area contributed by atoms with Crippen molar-refractivity contribution in [2.75, 3.05) is 19.8 Å². The highest BCUT2D eigenvalue weighted by Crippen LogP contribution is 2.58. The fourth-order valence-corrected chi connectivity index (χ4v) is 5.52. The summed E-state index contributed by atoms with van der Waals surface area (Å²) in [5, 5.41) is 10.4. The first-order chi connectivity index (χ1) is 10.5. The zero-order chi connectivity index (χ0) is 16.6. The molecule has 1 aliphatic carbocycles. The maximum Gasteiger partial charge on any atom is 0.337 e. The van der Waals surface area contributed by atoms with Crippen molar-refractivity contribution in [3.8, 4) is 0 Å². The van der Waals surface area contributed by atoms with Crippen molar-refractivity contribution >= 4 is 13.6 Å². The first-order valence-electron chi connectivity index (χ1n) is 8.23. The summed E-state index contributed by atoms with van der Waals surface area (Å²) in [7, 11) is -3.58. The number of rotatable bonds is 9. The third-order valence-corrected chi connectivity index (χ3v) is 6.64. The van der Waals surface area contributed by atoms with Crippen LogP contribution in [0.15, 0.2) is 0 Å². The summed E-state index contributed by atoms with van der Waals surface area (Å²) in [6, 6.07) is 0. The average Bonchev–Trinajstić information content (AvgIpc) is 2.49. The Labute approximate surface area is 133 Å². The number of carbonyl (C=O) groups excluding carboxylic acids is 1. The Morgan fingerprint density at radius 2 is 1.64 bits per heavy atom. The highest BCUT2D eigenvalue weighted by Gasteiger charge is 2.48. The van der Waals surface area contributed by atoms with Crippen LogP contribution in [0.1, 0.15) is 52.9 Å². The molecule has 0 saturated heterocycles. The molecule has 0 aromatic carbocycles. The number of hydrogen-bond donors (Lipinski definition) is 1. The Morgan fingerprint density at radius 3 is 2.09 bits per heavy atom. The van der Waals surface area contributed by atoms with Crippen LogP contribution in [0, 0.1) is 5.92 Å². The molecule has 0 radical (unpaired) electrons. The van der Waals surface area contributed by atoms with Gasteiger partial charge in [-0.25, -0.2) is 4.79 Å². The van der Waals surface area contributed by atoms with E-state index in [0.717, 1.165) is 32.1 Å². The molecule has 1 fully saturated rings. The molecule has 1 saturated carbocycles. The number of hydrogen-bond acceptors (Lipinski definition) is 6. The highest BCUT2D eigenvalue weighted by atomic mass is 31.2. The van der Waals surface area contributed by atoms with Crippen molar-refractivity contribution in [1.29, 1.82) is 0 Å². The first kappa shape index (κ1) is 19.6. The van der Waals surface area contributed by atoms with Gasteiger partial charge >= 0.3 is 13.6 Å².